The van der Waals surface area contributed by atoms with E-state index in [2.05, 4.69) is 26.3 Å². The second kappa shape index (κ2) is 7.73. The van der Waals surface area contributed by atoms with Crippen molar-refractivity contribution in [1.82, 2.24) is 14.9 Å². The van der Waals surface area contributed by atoms with Crippen LogP contribution in [-0.4, -0.2) is 39.9 Å². The van der Waals surface area contributed by atoms with Crippen LogP contribution in [0.3, 0.4) is 0 Å². The van der Waals surface area contributed by atoms with Crippen LogP contribution in [0.2, 0.25) is 5.02 Å². The molecule has 0 saturated carbocycles. The van der Waals surface area contributed by atoms with Gasteiger partial charge >= 0.3 is 0 Å². The molecule has 1 atom stereocenters. The molecular formula is C18H21ClN4O. The molecule has 0 spiro atoms. The van der Waals surface area contributed by atoms with Crippen LogP contribution in [0.25, 0.3) is 0 Å². The number of nitrogens with zero attached hydrogens (tertiary/aromatic N) is 3. The molecule has 1 aliphatic heterocycles. The van der Waals surface area contributed by atoms with Crippen molar-refractivity contribution < 1.29 is 4.79 Å². The van der Waals surface area contributed by atoms with E-state index in [-0.39, 0.29) is 11.9 Å². The molecule has 0 aliphatic carbocycles. The molecule has 1 aromatic carbocycles. The van der Waals surface area contributed by atoms with Gasteiger partial charge in [-0.1, -0.05) is 23.7 Å². The maximum absolute atomic E-state index is 12.4. The summed E-state index contributed by atoms with van der Waals surface area (Å²) in [6.45, 7) is 3.71. The van der Waals surface area contributed by atoms with Gasteiger partial charge in [-0.3, -0.25) is 15.0 Å². The number of piperidine rings is 1. The van der Waals surface area contributed by atoms with Crippen LogP contribution >= 0.6 is 11.6 Å². The monoisotopic (exact) mass is 344 g/mol. The molecule has 5 nitrogen and oxygen atoms in total. The molecular weight excluding hydrogens is 324 g/mol. The number of benzene rings is 1. The van der Waals surface area contributed by atoms with Crippen molar-refractivity contribution >= 4 is 23.5 Å². The number of carbonyl (C=O) groups excluding carboxylic acids is 1. The average Bonchev–Trinajstić information content (AvgIpc) is 2.62. The summed E-state index contributed by atoms with van der Waals surface area (Å²) in [7, 11) is 0. The second-order valence-corrected chi connectivity index (χ2v) is 6.54. The first-order chi connectivity index (χ1) is 11.6. The summed E-state index contributed by atoms with van der Waals surface area (Å²) in [6.07, 6.45) is 5.28. The molecule has 24 heavy (non-hydrogen) atoms. The normalized spacial score (nSPS) is 17.4. The third kappa shape index (κ3) is 4.10. The Morgan fingerprint density at radius 2 is 1.96 bits per heavy atom. The molecule has 1 saturated heterocycles. The summed E-state index contributed by atoms with van der Waals surface area (Å²) >= 11 is 6.09. The van der Waals surface area contributed by atoms with Crippen molar-refractivity contribution in [2.45, 2.75) is 31.7 Å². The van der Waals surface area contributed by atoms with Gasteiger partial charge in [0.05, 0.1) is 6.04 Å². The van der Waals surface area contributed by atoms with Gasteiger partial charge in [-0.25, -0.2) is 9.97 Å². The summed E-state index contributed by atoms with van der Waals surface area (Å²) in [6, 6.07) is 9.60. The molecule has 3 rings (SSSR count). The number of amides is 1. The minimum atomic E-state index is -0.200. The van der Waals surface area contributed by atoms with Gasteiger partial charge in [0.15, 0.2) is 0 Å². The molecule has 1 aromatic heterocycles. The summed E-state index contributed by atoms with van der Waals surface area (Å²) in [5.41, 5.74) is 1.29. The standard InChI is InChI=1S/C18H21ClN4O/c1-13(17(24)22-18-20-8-3-9-21-18)23-10-6-14(7-11-23)15-4-2-5-16(19)12-15/h2-5,8-9,12-14H,6-7,10-11H2,1H3,(H,20,21,22,24)/t13-/m0/s1. The molecule has 126 valence electrons. The number of halogens is 1. The molecule has 1 N–H and O–H groups in total. The van der Waals surface area contributed by atoms with Crippen LogP contribution in [0.1, 0.15) is 31.2 Å². The lowest BCUT2D eigenvalue weighted by Crippen LogP contribution is -2.45. The van der Waals surface area contributed by atoms with E-state index in [0.717, 1.165) is 31.0 Å². The lowest BCUT2D eigenvalue weighted by Gasteiger charge is -2.35. The zero-order valence-electron chi connectivity index (χ0n) is 13.7. The molecule has 2 heterocycles. The Kier molecular flexibility index (Phi) is 5.43. The molecule has 0 radical (unpaired) electrons. The van der Waals surface area contributed by atoms with E-state index in [1.165, 1.54) is 5.56 Å². The predicted molar refractivity (Wildman–Crippen MR) is 95.1 cm³/mol. The van der Waals surface area contributed by atoms with E-state index >= 15 is 0 Å². The minimum Gasteiger partial charge on any atom is -0.293 e. The molecule has 0 bridgehead atoms. The maximum Gasteiger partial charge on any atom is 0.243 e. The zero-order valence-corrected chi connectivity index (χ0v) is 14.4. The first kappa shape index (κ1) is 16.9. The van der Waals surface area contributed by atoms with Crippen molar-refractivity contribution in [3.05, 3.63) is 53.3 Å². The number of hydrogen-bond acceptors (Lipinski definition) is 4. The number of rotatable bonds is 4. The van der Waals surface area contributed by atoms with Crippen LogP contribution < -0.4 is 5.32 Å². The third-order valence-electron chi connectivity index (χ3n) is 4.58. The van der Waals surface area contributed by atoms with Gasteiger partial charge in [0.1, 0.15) is 0 Å². The van der Waals surface area contributed by atoms with E-state index in [1.54, 1.807) is 18.5 Å². The predicted octanol–water partition coefficient (Wildman–Crippen LogP) is 3.34. The van der Waals surface area contributed by atoms with E-state index in [4.69, 9.17) is 11.6 Å². The molecule has 1 amide bonds. The zero-order chi connectivity index (χ0) is 16.9. The highest BCUT2D eigenvalue weighted by atomic mass is 35.5. The number of nitrogens with one attached hydrogen (secondary N) is 1. The fourth-order valence-corrected chi connectivity index (χ4v) is 3.32. The molecule has 1 fully saturated rings. The van der Waals surface area contributed by atoms with E-state index < -0.39 is 0 Å². The Morgan fingerprint density at radius 1 is 1.25 bits per heavy atom. The highest BCUT2D eigenvalue weighted by Gasteiger charge is 2.27. The van der Waals surface area contributed by atoms with E-state index in [9.17, 15) is 4.79 Å². The van der Waals surface area contributed by atoms with Crippen LogP contribution in [0, 0.1) is 0 Å². The Morgan fingerprint density at radius 3 is 2.62 bits per heavy atom. The van der Waals surface area contributed by atoms with E-state index in [1.807, 2.05) is 25.1 Å². The van der Waals surface area contributed by atoms with Crippen LogP contribution in [-0.2, 0) is 4.79 Å². The lowest BCUT2D eigenvalue weighted by atomic mass is 9.89. The number of likely N-dealkylation sites (tertiary alicyclic amines) is 1. The van der Waals surface area contributed by atoms with Crippen molar-refractivity contribution in [3.8, 4) is 0 Å². The van der Waals surface area contributed by atoms with Crippen molar-refractivity contribution in [1.29, 1.82) is 0 Å². The Labute approximate surface area is 147 Å². The topological polar surface area (TPSA) is 58.1 Å². The summed E-state index contributed by atoms with van der Waals surface area (Å²) in [4.78, 5) is 22.6. The largest absolute Gasteiger partial charge is 0.293 e. The third-order valence-corrected chi connectivity index (χ3v) is 4.81. The first-order valence-corrected chi connectivity index (χ1v) is 8.58. The van der Waals surface area contributed by atoms with E-state index in [0.29, 0.717) is 11.9 Å². The Hall–Kier alpha value is -1.98. The summed E-state index contributed by atoms with van der Waals surface area (Å²) < 4.78 is 0. The van der Waals surface area contributed by atoms with Crippen LogP contribution in [0.5, 0.6) is 0 Å². The molecule has 6 heteroatoms. The fourth-order valence-electron chi connectivity index (χ4n) is 3.12. The maximum atomic E-state index is 12.4. The number of carbonyl (C=O) groups is 1. The Balaban J connectivity index is 1.55. The molecule has 1 aliphatic rings. The summed E-state index contributed by atoms with van der Waals surface area (Å²) in [5, 5.41) is 3.55. The SMILES string of the molecule is C[C@@H](C(=O)Nc1ncccn1)N1CCC(c2cccc(Cl)c2)CC1. The van der Waals surface area contributed by atoms with Gasteiger partial charge in [-0.2, -0.15) is 0 Å². The molecule has 0 unspecified atom stereocenters. The lowest BCUT2D eigenvalue weighted by molar-refractivity contribution is -0.121. The number of hydrogen-bond donors (Lipinski definition) is 1. The summed E-state index contributed by atoms with van der Waals surface area (Å²) in [5.74, 6) is 0.790. The number of aromatic nitrogens is 2. The average molecular weight is 345 g/mol. The number of anilines is 1. The van der Waals surface area contributed by atoms with Crippen LogP contribution in [0.4, 0.5) is 5.95 Å². The van der Waals surface area contributed by atoms with Gasteiger partial charge in [-0.15, -0.1) is 0 Å². The molecule has 2 aromatic rings. The van der Waals surface area contributed by atoms with Gasteiger partial charge in [0.25, 0.3) is 0 Å². The van der Waals surface area contributed by atoms with Crippen LogP contribution in [0.15, 0.2) is 42.7 Å². The fraction of sp³-hybridized carbons (Fsp3) is 0.389. The van der Waals surface area contributed by atoms with Crippen molar-refractivity contribution in [3.63, 3.8) is 0 Å². The highest BCUT2D eigenvalue weighted by Crippen LogP contribution is 2.30. The van der Waals surface area contributed by atoms with Crippen molar-refractivity contribution in [2.24, 2.45) is 0 Å². The smallest absolute Gasteiger partial charge is 0.243 e. The first-order valence-electron chi connectivity index (χ1n) is 8.21. The second-order valence-electron chi connectivity index (χ2n) is 6.10. The quantitative estimate of drug-likeness (QED) is 0.924. The Bertz CT molecular complexity index is 686. The van der Waals surface area contributed by atoms with Gasteiger partial charge in [0.2, 0.25) is 11.9 Å². The van der Waals surface area contributed by atoms with Crippen molar-refractivity contribution in [2.75, 3.05) is 18.4 Å². The minimum absolute atomic E-state index is 0.0672. The van der Waals surface area contributed by atoms with Gasteiger partial charge < -0.3 is 0 Å². The van der Waals surface area contributed by atoms with Gasteiger partial charge in [-0.05, 0) is 62.5 Å². The van der Waals surface area contributed by atoms with Gasteiger partial charge in [0, 0.05) is 17.4 Å². The highest BCUT2D eigenvalue weighted by molar-refractivity contribution is 6.30.